The number of methoxy groups -OCH3 is 2. The number of rotatable bonds is 7. The van der Waals surface area contributed by atoms with Crippen molar-refractivity contribution in [1.82, 2.24) is 15.1 Å². The second-order valence-corrected chi connectivity index (χ2v) is 5.75. The smallest absolute Gasteiger partial charge is 0.227 e. The van der Waals surface area contributed by atoms with Crippen LogP contribution in [0.15, 0.2) is 47.2 Å². The van der Waals surface area contributed by atoms with Crippen molar-refractivity contribution in [3.63, 3.8) is 0 Å². The van der Waals surface area contributed by atoms with Crippen LogP contribution in [0.1, 0.15) is 12.3 Å². The molecular weight excluding hydrogens is 348 g/mol. The third-order valence-corrected chi connectivity index (χ3v) is 4.07. The number of hydrogen-bond donors (Lipinski definition) is 0. The monoisotopic (exact) mass is 368 g/mol. The van der Waals surface area contributed by atoms with Crippen molar-refractivity contribution in [2.24, 2.45) is 0 Å². The van der Waals surface area contributed by atoms with Crippen molar-refractivity contribution in [2.45, 2.75) is 12.8 Å². The van der Waals surface area contributed by atoms with E-state index in [1.807, 2.05) is 6.07 Å². The summed E-state index contributed by atoms with van der Waals surface area (Å²) in [4.78, 5) is 22.4. The molecule has 3 aromatic rings. The summed E-state index contributed by atoms with van der Waals surface area (Å²) in [5.41, 5.74) is 1.47. The normalized spacial score (nSPS) is 10.5. The first kappa shape index (κ1) is 18.4. The minimum absolute atomic E-state index is 0.0802. The highest BCUT2D eigenvalue weighted by Crippen LogP contribution is 2.31. The van der Waals surface area contributed by atoms with E-state index < -0.39 is 0 Å². The molecule has 27 heavy (non-hydrogen) atoms. The lowest BCUT2D eigenvalue weighted by molar-refractivity contribution is -0.118. The molecule has 8 nitrogen and oxygen atoms in total. The Kier molecular flexibility index (Phi) is 5.65. The highest BCUT2D eigenvalue weighted by molar-refractivity contribution is 5.93. The zero-order valence-electron chi connectivity index (χ0n) is 15.4. The number of carbonyl (C=O) groups is 1. The van der Waals surface area contributed by atoms with Gasteiger partial charge in [0.1, 0.15) is 0 Å². The van der Waals surface area contributed by atoms with Crippen molar-refractivity contribution in [3.05, 3.63) is 48.6 Å². The van der Waals surface area contributed by atoms with E-state index >= 15 is 0 Å². The van der Waals surface area contributed by atoms with Crippen LogP contribution in [0.2, 0.25) is 0 Å². The number of nitrogens with zero attached hydrogens (tertiary/aromatic N) is 4. The summed E-state index contributed by atoms with van der Waals surface area (Å²) in [5, 5.41) is 3.93. The summed E-state index contributed by atoms with van der Waals surface area (Å²) in [6.45, 7) is 0. The summed E-state index contributed by atoms with van der Waals surface area (Å²) in [7, 11) is 4.83. The number of amides is 1. The molecule has 0 aliphatic rings. The Morgan fingerprint density at radius 1 is 1.19 bits per heavy atom. The lowest BCUT2D eigenvalue weighted by atomic mass is 10.2. The van der Waals surface area contributed by atoms with Crippen LogP contribution >= 0.6 is 0 Å². The van der Waals surface area contributed by atoms with Gasteiger partial charge < -0.3 is 18.9 Å². The van der Waals surface area contributed by atoms with Crippen LogP contribution in [-0.4, -0.2) is 42.3 Å². The zero-order chi connectivity index (χ0) is 19.2. The molecule has 0 radical (unpaired) electrons. The molecule has 0 fully saturated rings. The molecule has 1 amide bonds. The van der Waals surface area contributed by atoms with E-state index in [9.17, 15) is 4.79 Å². The van der Waals surface area contributed by atoms with E-state index in [-0.39, 0.29) is 12.3 Å². The first-order valence-electron chi connectivity index (χ1n) is 8.34. The molecule has 0 saturated heterocycles. The number of benzene rings is 1. The Bertz CT molecular complexity index is 911. The van der Waals surface area contributed by atoms with Crippen LogP contribution in [0.5, 0.6) is 11.5 Å². The minimum Gasteiger partial charge on any atom is -0.493 e. The van der Waals surface area contributed by atoms with Gasteiger partial charge in [-0.2, -0.15) is 4.98 Å². The lowest BCUT2D eigenvalue weighted by Gasteiger charge is -2.18. The number of hydrogen-bond acceptors (Lipinski definition) is 7. The summed E-state index contributed by atoms with van der Waals surface area (Å²) in [6, 6.07) is 8.96. The number of ether oxygens (including phenoxy) is 2. The third-order valence-electron chi connectivity index (χ3n) is 4.07. The van der Waals surface area contributed by atoms with Gasteiger partial charge in [-0.25, -0.2) is 0 Å². The van der Waals surface area contributed by atoms with Crippen LogP contribution in [-0.2, 0) is 11.2 Å². The SMILES string of the molecule is COc1ccc(N(C)C(=O)CCc2nc(-c3cccnc3)no2)cc1OC. The second kappa shape index (κ2) is 8.31. The van der Waals surface area contributed by atoms with E-state index in [0.717, 1.165) is 5.56 Å². The maximum absolute atomic E-state index is 12.5. The highest BCUT2D eigenvalue weighted by Gasteiger charge is 2.16. The molecule has 0 aliphatic carbocycles. The average molecular weight is 368 g/mol. The first-order valence-corrected chi connectivity index (χ1v) is 8.34. The molecule has 8 heteroatoms. The first-order chi connectivity index (χ1) is 13.1. The maximum atomic E-state index is 12.5. The van der Waals surface area contributed by atoms with Gasteiger partial charge in [-0.05, 0) is 24.3 Å². The quantitative estimate of drug-likeness (QED) is 0.633. The van der Waals surface area contributed by atoms with Gasteiger partial charge in [-0.15, -0.1) is 0 Å². The average Bonchev–Trinajstić information content (AvgIpc) is 3.20. The number of pyridine rings is 1. The van der Waals surface area contributed by atoms with E-state index in [1.54, 1.807) is 62.8 Å². The molecule has 0 N–H and O–H groups in total. The predicted octanol–water partition coefficient (Wildman–Crippen LogP) is 2.74. The highest BCUT2D eigenvalue weighted by atomic mass is 16.5. The summed E-state index contributed by atoms with van der Waals surface area (Å²) < 4.78 is 15.7. The van der Waals surface area contributed by atoms with Crippen molar-refractivity contribution in [1.29, 1.82) is 0 Å². The van der Waals surface area contributed by atoms with Gasteiger partial charge in [0, 0.05) is 49.6 Å². The van der Waals surface area contributed by atoms with Crippen molar-refractivity contribution >= 4 is 11.6 Å². The van der Waals surface area contributed by atoms with Gasteiger partial charge in [0.15, 0.2) is 11.5 Å². The number of aromatic nitrogens is 3. The van der Waals surface area contributed by atoms with Crippen LogP contribution in [0.25, 0.3) is 11.4 Å². The zero-order valence-corrected chi connectivity index (χ0v) is 15.4. The minimum atomic E-state index is -0.0802. The fourth-order valence-electron chi connectivity index (χ4n) is 2.53. The standard InChI is InChI=1S/C19H20N4O4/c1-23(14-6-7-15(25-2)16(11-14)26-3)18(24)9-8-17-21-19(22-27-17)13-5-4-10-20-12-13/h4-7,10-12H,8-9H2,1-3H3. The van der Waals surface area contributed by atoms with Crippen molar-refractivity contribution in [3.8, 4) is 22.9 Å². The molecule has 0 aliphatic heterocycles. The Morgan fingerprint density at radius 2 is 2.00 bits per heavy atom. The number of anilines is 1. The van der Waals surface area contributed by atoms with Crippen LogP contribution in [0, 0.1) is 0 Å². The number of aryl methyl sites for hydroxylation is 1. The topological polar surface area (TPSA) is 90.6 Å². The lowest BCUT2D eigenvalue weighted by Crippen LogP contribution is -2.26. The molecular formula is C19H20N4O4. The molecule has 3 rings (SSSR count). The van der Waals surface area contributed by atoms with Gasteiger partial charge in [0.2, 0.25) is 17.6 Å². The van der Waals surface area contributed by atoms with E-state index in [2.05, 4.69) is 15.1 Å². The maximum Gasteiger partial charge on any atom is 0.227 e. The number of carbonyl (C=O) groups excluding carboxylic acids is 1. The van der Waals surface area contributed by atoms with Gasteiger partial charge in [0.25, 0.3) is 0 Å². The molecule has 2 aromatic heterocycles. The van der Waals surface area contributed by atoms with Gasteiger partial charge in [0.05, 0.1) is 14.2 Å². The fourth-order valence-corrected chi connectivity index (χ4v) is 2.53. The fraction of sp³-hybridized carbons (Fsp3) is 0.263. The Morgan fingerprint density at radius 3 is 2.70 bits per heavy atom. The van der Waals surface area contributed by atoms with Crippen LogP contribution in [0.3, 0.4) is 0 Å². The molecule has 140 valence electrons. The molecule has 0 unspecified atom stereocenters. The van der Waals surface area contributed by atoms with Gasteiger partial charge >= 0.3 is 0 Å². The van der Waals surface area contributed by atoms with E-state index in [0.29, 0.717) is 35.3 Å². The van der Waals surface area contributed by atoms with Crippen molar-refractivity contribution < 1.29 is 18.8 Å². The molecule has 0 spiro atoms. The Hall–Kier alpha value is -3.42. The Labute approximate surface area is 156 Å². The van der Waals surface area contributed by atoms with Crippen molar-refractivity contribution in [2.75, 3.05) is 26.2 Å². The third kappa shape index (κ3) is 4.22. The molecule has 2 heterocycles. The molecule has 0 saturated carbocycles. The summed E-state index contributed by atoms with van der Waals surface area (Å²) in [6.07, 6.45) is 3.92. The van der Waals surface area contributed by atoms with Crippen LogP contribution < -0.4 is 14.4 Å². The van der Waals surface area contributed by atoms with Gasteiger partial charge in [-0.1, -0.05) is 5.16 Å². The van der Waals surface area contributed by atoms with Gasteiger partial charge in [-0.3, -0.25) is 9.78 Å². The summed E-state index contributed by atoms with van der Waals surface area (Å²) in [5.74, 6) is 1.95. The molecule has 0 bridgehead atoms. The predicted molar refractivity (Wildman–Crippen MR) is 98.8 cm³/mol. The Balaban J connectivity index is 1.63. The van der Waals surface area contributed by atoms with Crippen LogP contribution in [0.4, 0.5) is 5.69 Å². The van der Waals surface area contributed by atoms with E-state index in [4.69, 9.17) is 14.0 Å². The second-order valence-electron chi connectivity index (χ2n) is 5.75. The molecule has 1 aromatic carbocycles. The summed E-state index contributed by atoms with van der Waals surface area (Å²) >= 11 is 0. The largest absolute Gasteiger partial charge is 0.493 e. The van der Waals surface area contributed by atoms with E-state index in [1.165, 1.54) is 0 Å². The molecule has 0 atom stereocenters.